The van der Waals surface area contributed by atoms with Crippen molar-refractivity contribution in [3.8, 4) is 11.6 Å². The van der Waals surface area contributed by atoms with Gasteiger partial charge in [0.1, 0.15) is 49.6 Å². The zero-order chi connectivity index (χ0) is 46.1. The molecule has 2 unspecified atom stereocenters. The van der Waals surface area contributed by atoms with Crippen LogP contribution in [-0.2, 0) is 47.6 Å². The van der Waals surface area contributed by atoms with E-state index < -0.39 is 53.2 Å². The highest BCUT2D eigenvalue weighted by atomic mass is 32.1. The lowest BCUT2D eigenvalue weighted by atomic mass is 9.97. The summed E-state index contributed by atoms with van der Waals surface area (Å²) < 4.78 is 95.7. The lowest BCUT2D eigenvalue weighted by molar-refractivity contribution is -0.138. The number of aliphatic hydroxyl groups excluding tert-OH is 1. The van der Waals surface area contributed by atoms with Gasteiger partial charge in [-0.05, 0) is 62.1 Å². The molecule has 0 saturated carbocycles. The molecule has 8 heterocycles. The smallest absolute Gasteiger partial charge is 0.389 e. The van der Waals surface area contributed by atoms with E-state index in [0.29, 0.717) is 37.4 Å². The van der Waals surface area contributed by atoms with Crippen molar-refractivity contribution in [1.29, 1.82) is 0 Å². The number of hydrogen-bond donors (Lipinski definition) is 1. The highest BCUT2D eigenvalue weighted by molar-refractivity contribution is 7.18. The maximum Gasteiger partial charge on any atom is 0.420 e. The number of nitrogens with zero attached hydrogens (tertiary/aromatic N) is 12. The SMILES string of the molecule is Cc1nc2c(C(C)F)c(CC(=O)Cc3cnc(-n4nccn4)c(C(F)(F)F)c3)cnc2s1.Cc1nc2c(C(C)O)c(CC(=O)Cc3cnc(-n4nccn4)c(C(F)(F)F)c3)cnc2s1. The minimum absolute atomic E-state index is 0.0756. The lowest BCUT2D eigenvalue weighted by Crippen LogP contribution is -2.16. The predicted octanol–water partition coefficient (Wildman–Crippen LogP) is 7.78. The van der Waals surface area contributed by atoms with Crippen LogP contribution in [0.5, 0.6) is 0 Å². The van der Waals surface area contributed by atoms with Crippen LogP contribution in [-0.4, -0.2) is 76.6 Å². The number of hydrogen-bond acceptors (Lipinski definition) is 15. The van der Waals surface area contributed by atoms with E-state index >= 15 is 0 Å². The molecule has 0 aliphatic rings. The van der Waals surface area contributed by atoms with Gasteiger partial charge in [0, 0.05) is 61.6 Å². The Morgan fingerprint density at radius 2 is 1.02 bits per heavy atom. The molecule has 8 rings (SSSR count). The van der Waals surface area contributed by atoms with Gasteiger partial charge in [-0.1, -0.05) is 22.7 Å². The molecule has 0 radical (unpaired) electrons. The second-order valence-corrected chi connectivity index (χ2v) is 16.7. The summed E-state index contributed by atoms with van der Waals surface area (Å²) in [5.74, 6) is -1.70. The Kier molecular flexibility index (Phi) is 13.0. The summed E-state index contributed by atoms with van der Waals surface area (Å²) in [4.78, 5) is 53.1. The van der Waals surface area contributed by atoms with Crippen LogP contribution >= 0.6 is 22.7 Å². The standard InChI is InChI=1S/C20H16F4N6OS.C20H17F3N6O2S/c1-10(21)16-13(9-26-19-17(16)29-11(2)32-19)7-14(31)5-12-6-15(20(22,23)24)18(25-8-12)30-27-3-4-28-30;1-10(30)16-13(9-25-19-17(16)28-11(2)32-19)7-14(31)5-12-6-15(20(21,22)23)18(24-8-12)29-26-3-4-27-29/h3-4,6,8-10H,5,7H2,1-2H3;3-4,6,8-10,30H,5,7H2,1-2H3. The third-order valence-electron chi connectivity index (χ3n) is 9.38. The average molecular weight is 927 g/mol. The number of aromatic nitrogens is 12. The molecule has 0 bridgehead atoms. The molecule has 2 atom stereocenters. The van der Waals surface area contributed by atoms with Crippen LogP contribution in [0.15, 0.2) is 61.7 Å². The Morgan fingerprint density at radius 1 is 0.625 bits per heavy atom. The Morgan fingerprint density at radius 3 is 1.39 bits per heavy atom. The average Bonchev–Trinajstić information content (AvgIpc) is 4.05. The fourth-order valence-electron chi connectivity index (χ4n) is 6.85. The molecule has 0 fully saturated rings. The largest absolute Gasteiger partial charge is 0.420 e. The van der Waals surface area contributed by atoms with Gasteiger partial charge in [0.05, 0.1) is 40.9 Å². The van der Waals surface area contributed by atoms with Crippen LogP contribution < -0.4 is 0 Å². The first-order valence-corrected chi connectivity index (χ1v) is 20.6. The molecule has 1 N–H and O–H groups in total. The van der Waals surface area contributed by atoms with Crippen molar-refractivity contribution in [2.75, 3.05) is 0 Å². The summed E-state index contributed by atoms with van der Waals surface area (Å²) in [5.41, 5.74) is 0.664. The molecule has 0 amide bonds. The van der Waals surface area contributed by atoms with Gasteiger partial charge >= 0.3 is 12.4 Å². The molecule has 8 aromatic heterocycles. The van der Waals surface area contributed by atoms with Crippen molar-refractivity contribution in [2.24, 2.45) is 0 Å². The third-order valence-corrected chi connectivity index (χ3v) is 11.1. The maximum atomic E-state index is 14.4. The summed E-state index contributed by atoms with van der Waals surface area (Å²) in [7, 11) is 0. The van der Waals surface area contributed by atoms with Crippen LogP contribution in [0.4, 0.5) is 30.7 Å². The molecule has 0 aromatic carbocycles. The number of halogens is 7. The second kappa shape index (κ2) is 18.3. The van der Waals surface area contributed by atoms with Crippen molar-refractivity contribution in [1.82, 2.24) is 59.9 Å². The van der Waals surface area contributed by atoms with Crippen LogP contribution in [0.2, 0.25) is 0 Å². The number of aliphatic hydroxyl groups is 1. The first-order chi connectivity index (χ1) is 30.3. The Balaban J connectivity index is 0.000000191. The van der Waals surface area contributed by atoms with E-state index in [4.69, 9.17) is 0 Å². The Hall–Kier alpha value is -6.53. The molecule has 0 aliphatic carbocycles. The number of carbonyl (C=O) groups is 2. The minimum Gasteiger partial charge on any atom is -0.389 e. The normalized spacial score (nSPS) is 12.9. The van der Waals surface area contributed by atoms with Gasteiger partial charge in [-0.15, -0.1) is 9.59 Å². The van der Waals surface area contributed by atoms with Crippen LogP contribution in [0.1, 0.15) is 80.6 Å². The molecule has 0 aliphatic heterocycles. The molecule has 15 nitrogen and oxygen atoms in total. The van der Waals surface area contributed by atoms with Gasteiger partial charge in [-0.25, -0.2) is 34.3 Å². The molecule has 0 saturated heterocycles. The van der Waals surface area contributed by atoms with E-state index in [-0.39, 0.29) is 48.2 Å². The van der Waals surface area contributed by atoms with Crippen molar-refractivity contribution < 1.29 is 45.4 Å². The van der Waals surface area contributed by atoms with E-state index in [2.05, 4.69) is 50.3 Å². The number of Topliss-reactive ketones (excluding diaryl/α,β-unsaturated/α-hetero) is 2. The van der Waals surface area contributed by atoms with E-state index in [1.165, 1.54) is 79.2 Å². The van der Waals surface area contributed by atoms with Crippen LogP contribution in [0.25, 0.3) is 32.3 Å². The first kappa shape index (κ1) is 45.5. The molecule has 64 heavy (non-hydrogen) atoms. The number of rotatable bonds is 12. The number of thiazole rings is 2. The molecule has 8 aromatic rings. The number of aryl methyl sites for hydroxylation is 2. The second-order valence-electron chi connectivity index (χ2n) is 14.3. The molecule has 0 spiro atoms. The number of carbonyl (C=O) groups excluding carboxylic acids is 2. The number of ketones is 2. The van der Waals surface area contributed by atoms with Crippen molar-refractivity contribution in [3.05, 3.63) is 116 Å². The summed E-state index contributed by atoms with van der Waals surface area (Å²) in [6.45, 7) is 6.51. The zero-order valence-electron chi connectivity index (χ0n) is 33.8. The van der Waals surface area contributed by atoms with Gasteiger partial charge in [-0.2, -0.15) is 46.7 Å². The van der Waals surface area contributed by atoms with Crippen LogP contribution in [0.3, 0.4) is 0 Å². The maximum absolute atomic E-state index is 14.4. The van der Waals surface area contributed by atoms with Gasteiger partial charge in [0.25, 0.3) is 0 Å². The summed E-state index contributed by atoms with van der Waals surface area (Å²) in [5, 5.41) is 26.5. The molecule has 24 heteroatoms. The zero-order valence-corrected chi connectivity index (χ0v) is 35.5. The van der Waals surface area contributed by atoms with Crippen molar-refractivity contribution >= 4 is 54.9 Å². The van der Waals surface area contributed by atoms with E-state index in [1.807, 2.05) is 6.92 Å². The summed E-state index contributed by atoms with van der Waals surface area (Å²) in [6.07, 6.45) is -2.30. The summed E-state index contributed by atoms with van der Waals surface area (Å²) in [6, 6.07) is 1.73. The lowest BCUT2D eigenvalue weighted by Gasteiger charge is -2.14. The highest BCUT2D eigenvalue weighted by Gasteiger charge is 2.37. The minimum atomic E-state index is -4.72. The van der Waals surface area contributed by atoms with Crippen LogP contribution in [0, 0.1) is 13.8 Å². The highest BCUT2D eigenvalue weighted by Crippen LogP contribution is 2.36. The predicted molar refractivity (Wildman–Crippen MR) is 218 cm³/mol. The quantitative estimate of drug-likeness (QED) is 0.117. The monoisotopic (exact) mass is 926 g/mol. The van der Waals surface area contributed by atoms with E-state index in [9.17, 15) is 45.4 Å². The molecular formula is C40H33F7N12O3S2. The number of pyridine rings is 4. The van der Waals surface area contributed by atoms with Crippen molar-refractivity contribution in [3.63, 3.8) is 0 Å². The van der Waals surface area contributed by atoms with E-state index in [0.717, 1.165) is 31.7 Å². The van der Waals surface area contributed by atoms with E-state index in [1.54, 1.807) is 13.8 Å². The molecule has 332 valence electrons. The fraction of sp³-hybridized carbons (Fsp3) is 0.300. The summed E-state index contributed by atoms with van der Waals surface area (Å²) >= 11 is 2.69. The molecular weight excluding hydrogens is 894 g/mol. The fourth-order valence-corrected chi connectivity index (χ4v) is 8.40. The van der Waals surface area contributed by atoms with Gasteiger partial charge in [0.15, 0.2) is 11.6 Å². The Bertz CT molecular complexity index is 2770. The Labute approximate surface area is 365 Å². The third kappa shape index (κ3) is 10.1. The van der Waals surface area contributed by atoms with Gasteiger partial charge in [0.2, 0.25) is 0 Å². The van der Waals surface area contributed by atoms with Crippen molar-refractivity contribution in [2.45, 2.75) is 78.0 Å². The topological polar surface area (TPSA) is 193 Å². The first-order valence-electron chi connectivity index (χ1n) is 19.0. The van der Waals surface area contributed by atoms with Gasteiger partial charge in [-0.3, -0.25) is 9.59 Å². The number of alkyl halides is 7. The van der Waals surface area contributed by atoms with Gasteiger partial charge < -0.3 is 5.11 Å². The number of fused-ring (bicyclic) bond motifs is 2.